The zero-order valence-electron chi connectivity index (χ0n) is 22.8. The van der Waals surface area contributed by atoms with Crippen molar-refractivity contribution in [3.63, 3.8) is 0 Å². The average molecular weight is 508 g/mol. The first kappa shape index (κ1) is 26.7. The number of aromatic nitrogens is 4. The van der Waals surface area contributed by atoms with E-state index in [0.29, 0.717) is 11.8 Å². The van der Waals surface area contributed by atoms with Crippen LogP contribution in [0.5, 0.6) is 0 Å². The Morgan fingerprint density at radius 3 is 2.50 bits per heavy atom. The van der Waals surface area contributed by atoms with Crippen molar-refractivity contribution >= 4 is 17.3 Å². The highest BCUT2D eigenvalue weighted by atomic mass is 15.4. The minimum Gasteiger partial charge on any atom is -0.388 e. The fourth-order valence-electron chi connectivity index (χ4n) is 4.65. The summed E-state index contributed by atoms with van der Waals surface area (Å²) in [5.74, 6) is 1.37. The molecule has 0 spiro atoms. The van der Waals surface area contributed by atoms with E-state index in [1.165, 1.54) is 0 Å². The molecule has 1 fully saturated rings. The molecule has 4 heterocycles. The molecule has 38 heavy (non-hydrogen) atoms. The lowest BCUT2D eigenvalue weighted by atomic mass is 10.1. The molecule has 2 N–H and O–H groups in total. The van der Waals surface area contributed by atoms with Crippen LogP contribution in [-0.4, -0.2) is 33.2 Å². The third kappa shape index (κ3) is 5.62. The molecule has 1 aromatic carbocycles. The molecule has 0 bridgehead atoms. The quantitative estimate of drug-likeness (QED) is 0.257. The maximum absolute atomic E-state index is 5.03. The normalized spacial score (nSPS) is 15.1. The van der Waals surface area contributed by atoms with Crippen molar-refractivity contribution in [2.75, 3.05) is 23.8 Å². The Labute approximate surface area is 225 Å². The van der Waals surface area contributed by atoms with E-state index in [1.807, 2.05) is 81.0 Å². The Bertz CT molecular complexity index is 1420. The number of fused-ring (bicyclic) bond motifs is 1. The van der Waals surface area contributed by atoms with Gasteiger partial charge in [-0.2, -0.15) is 4.98 Å². The van der Waals surface area contributed by atoms with Crippen molar-refractivity contribution in [1.29, 1.82) is 0 Å². The summed E-state index contributed by atoms with van der Waals surface area (Å²) < 4.78 is 1.98. The van der Waals surface area contributed by atoms with Crippen molar-refractivity contribution in [3.8, 4) is 11.3 Å². The summed E-state index contributed by atoms with van der Waals surface area (Å²) in [7, 11) is 1.86. The summed E-state index contributed by atoms with van der Waals surface area (Å²) in [6.45, 7) is 15.1. The molecular formula is C31H37N7. The number of nitrogens with zero attached hydrogens (tertiary/aromatic N) is 5. The molecule has 3 aromatic heterocycles. The number of allylic oxidation sites excluding steroid dienone is 2. The van der Waals surface area contributed by atoms with Crippen LogP contribution in [0.25, 0.3) is 16.8 Å². The lowest BCUT2D eigenvalue weighted by molar-refractivity contribution is 0.671. The van der Waals surface area contributed by atoms with E-state index in [0.717, 1.165) is 58.8 Å². The van der Waals surface area contributed by atoms with Crippen LogP contribution in [0.3, 0.4) is 0 Å². The monoisotopic (exact) mass is 507 g/mol. The van der Waals surface area contributed by atoms with E-state index in [9.17, 15) is 0 Å². The minimum absolute atomic E-state index is 0.136. The highest BCUT2D eigenvalue weighted by Crippen LogP contribution is 2.35. The van der Waals surface area contributed by atoms with Gasteiger partial charge in [0.05, 0.1) is 17.4 Å². The number of pyridine rings is 1. The van der Waals surface area contributed by atoms with E-state index in [-0.39, 0.29) is 6.04 Å². The van der Waals surface area contributed by atoms with Crippen LogP contribution in [0, 0.1) is 0 Å². The molecule has 1 aliphatic rings. The smallest absolute Gasteiger partial charge is 0.246 e. The van der Waals surface area contributed by atoms with Gasteiger partial charge >= 0.3 is 0 Å². The van der Waals surface area contributed by atoms with Gasteiger partial charge in [0.15, 0.2) is 5.82 Å². The molecule has 196 valence electrons. The fraction of sp³-hybridized carbons (Fsp3) is 0.258. The van der Waals surface area contributed by atoms with Crippen molar-refractivity contribution in [3.05, 3.63) is 109 Å². The third-order valence-corrected chi connectivity index (χ3v) is 6.56. The first-order valence-electron chi connectivity index (χ1n) is 13.2. The molecule has 0 amide bonds. The average Bonchev–Trinajstić information content (AvgIpc) is 3.62. The highest BCUT2D eigenvalue weighted by molar-refractivity contribution is 5.77. The second-order valence-corrected chi connectivity index (χ2v) is 8.95. The topological polar surface area (TPSA) is 70.4 Å². The van der Waals surface area contributed by atoms with Crippen molar-refractivity contribution in [2.24, 2.45) is 0 Å². The van der Waals surface area contributed by atoms with Gasteiger partial charge in [0.2, 0.25) is 5.95 Å². The molecule has 5 rings (SSSR count). The molecule has 1 aliphatic heterocycles. The van der Waals surface area contributed by atoms with Crippen LogP contribution >= 0.6 is 0 Å². The Morgan fingerprint density at radius 1 is 1.03 bits per heavy atom. The van der Waals surface area contributed by atoms with Crippen LogP contribution in [0.4, 0.5) is 11.8 Å². The third-order valence-electron chi connectivity index (χ3n) is 6.56. The first-order valence-corrected chi connectivity index (χ1v) is 13.2. The Balaban J connectivity index is 0.00000164. The van der Waals surface area contributed by atoms with E-state index >= 15 is 0 Å². The summed E-state index contributed by atoms with van der Waals surface area (Å²) in [5, 5.41) is 11.5. The van der Waals surface area contributed by atoms with E-state index in [4.69, 9.17) is 10.1 Å². The zero-order chi connectivity index (χ0) is 27.1. The van der Waals surface area contributed by atoms with Crippen LogP contribution in [0.2, 0.25) is 0 Å². The maximum Gasteiger partial charge on any atom is 0.246 e. The number of anilines is 2. The Morgan fingerprint density at radius 2 is 1.79 bits per heavy atom. The molecule has 1 atom stereocenters. The summed E-state index contributed by atoms with van der Waals surface area (Å²) in [5.41, 5.74) is 6.58. The molecule has 0 radical (unpaired) electrons. The van der Waals surface area contributed by atoms with Gasteiger partial charge in [-0.25, -0.2) is 4.52 Å². The van der Waals surface area contributed by atoms with Gasteiger partial charge in [-0.3, -0.25) is 4.98 Å². The first-order chi connectivity index (χ1) is 18.5. The number of hydrogen-bond donors (Lipinski definition) is 2. The van der Waals surface area contributed by atoms with Crippen molar-refractivity contribution in [1.82, 2.24) is 24.9 Å². The van der Waals surface area contributed by atoms with Gasteiger partial charge < -0.3 is 15.5 Å². The lowest BCUT2D eigenvalue weighted by Crippen LogP contribution is -2.26. The predicted molar refractivity (Wildman–Crippen MR) is 158 cm³/mol. The molecule has 1 saturated heterocycles. The van der Waals surface area contributed by atoms with Crippen LogP contribution < -0.4 is 15.5 Å². The number of likely N-dealkylation sites (N-methyl/N-ethyl adjacent to an activating group) is 1. The fourth-order valence-corrected chi connectivity index (χ4v) is 4.65. The summed E-state index contributed by atoms with van der Waals surface area (Å²) in [6, 6.07) is 20.6. The number of rotatable bonds is 8. The molecule has 0 saturated carbocycles. The second-order valence-electron chi connectivity index (χ2n) is 8.95. The van der Waals surface area contributed by atoms with Gasteiger partial charge in [0.1, 0.15) is 5.52 Å². The molecule has 4 aromatic rings. The van der Waals surface area contributed by atoms with E-state index in [2.05, 4.69) is 57.9 Å². The SMILES string of the molecule is C=C(/C=C(\C)C(=C)NC)Nc1nc(N2CCCC2c2ccccn2)nn2c(-c3ccccc3)ccc12.CC. The summed E-state index contributed by atoms with van der Waals surface area (Å²) >= 11 is 0. The lowest BCUT2D eigenvalue weighted by Gasteiger charge is -2.25. The van der Waals surface area contributed by atoms with Crippen LogP contribution in [-0.2, 0) is 0 Å². The predicted octanol–water partition coefficient (Wildman–Crippen LogP) is 6.76. The van der Waals surface area contributed by atoms with E-state index < -0.39 is 0 Å². The number of hydrogen-bond acceptors (Lipinski definition) is 6. The molecule has 7 heteroatoms. The van der Waals surface area contributed by atoms with Crippen molar-refractivity contribution in [2.45, 2.75) is 39.7 Å². The molecule has 0 aliphatic carbocycles. The number of nitrogens with one attached hydrogen (secondary N) is 2. The highest BCUT2D eigenvalue weighted by Gasteiger charge is 2.30. The molecule has 7 nitrogen and oxygen atoms in total. The van der Waals surface area contributed by atoms with Crippen LogP contribution in [0.1, 0.15) is 45.3 Å². The Hall–Kier alpha value is -4.39. The van der Waals surface area contributed by atoms with Gasteiger partial charge in [-0.15, -0.1) is 5.10 Å². The van der Waals surface area contributed by atoms with Gasteiger partial charge in [-0.05, 0) is 55.7 Å². The number of benzene rings is 1. The second kappa shape index (κ2) is 12.2. The molecular weight excluding hydrogens is 470 g/mol. The van der Waals surface area contributed by atoms with Crippen molar-refractivity contribution < 1.29 is 0 Å². The standard InChI is InChI=1S/C29H31N7.C2H6/c1-20(22(3)30-4)19-21(2)32-28-27-16-15-25(23-11-6-5-7-12-23)36(27)34-29(33-28)35-18-10-14-26(35)24-13-8-9-17-31-24;1-2/h5-9,11-13,15-17,19,26,30H,2-3,10,14,18H2,1,4H3,(H,32,33,34);1-2H3/b20-19+;. The minimum atomic E-state index is 0.136. The maximum atomic E-state index is 5.03. The largest absolute Gasteiger partial charge is 0.388 e. The Kier molecular flexibility index (Phi) is 8.58. The van der Waals surface area contributed by atoms with E-state index in [1.54, 1.807) is 0 Å². The summed E-state index contributed by atoms with van der Waals surface area (Å²) in [6.07, 6.45) is 5.88. The van der Waals surface area contributed by atoms with Gasteiger partial charge in [-0.1, -0.05) is 63.4 Å². The van der Waals surface area contributed by atoms with Gasteiger partial charge in [0.25, 0.3) is 0 Å². The molecule has 1 unspecified atom stereocenters. The zero-order valence-corrected chi connectivity index (χ0v) is 22.8. The summed E-state index contributed by atoms with van der Waals surface area (Å²) in [4.78, 5) is 11.9. The van der Waals surface area contributed by atoms with Crippen LogP contribution in [0.15, 0.2) is 103 Å². The van der Waals surface area contributed by atoms with Gasteiger partial charge in [0, 0.05) is 36.7 Å².